The number of benzene rings is 2. The summed E-state index contributed by atoms with van der Waals surface area (Å²) in [4.78, 5) is 0. The zero-order valence-corrected chi connectivity index (χ0v) is 11.3. The van der Waals surface area contributed by atoms with Crippen molar-refractivity contribution >= 4 is 15.9 Å². The molecule has 2 N–H and O–H groups in total. The summed E-state index contributed by atoms with van der Waals surface area (Å²) >= 11 is 3.41. The Labute approximate surface area is 114 Å². The first-order chi connectivity index (χ1) is 8.72. The van der Waals surface area contributed by atoms with Crippen molar-refractivity contribution in [2.24, 2.45) is 0 Å². The predicted molar refractivity (Wildman–Crippen MR) is 73.6 cm³/mol. The molecule has 2 unspecified atom stereocenters. The highest BCUT2D eigenvalue weighted by Crippen LogP contribution is 2.41. The molecule has 1 aliphatic carbocycles. The second-order valence-corrected chi connectivity index (χ2v) is 5.09. The Morgan fingerprint density at radius 2 is 1.39 bits per heavy atom. The van der Waals surface area contributed by atoms with Crippen LogP contribution in [0, 0.1) is 0 Å². The van der Waals surface area contributed by atoms with Gasteiger partial charge in [-0.3, -0.25) is 0 Å². The number of rotatable bonds is 1. The first kappa shape index (κ1) is 11.9. The van der Waals surface area contributed by atoms with Crippen LogP contribution in [0.2, 0.25) is 0 Å². The maximum atomic E-state index is 10.4. The van der Waals surface area contributed by atoms with Crippen LogP contribution in [0.4, 0.5) is 0 Å². The lowest BCUT2D eigenvalue weighted by Crippen LogP contribution is -2.18. The van der Waals surface area contributed by atoms with Gasteiger partial charge in [-0.25, -0.2) is 0 Å². The topological polar surface area (TPSA) is 40.5 Å². The lowest BCUT2D eigenvalue weighted by atomic mass is 9.81. The third-order valence-corrected chi connectivity index (χ3v) is 4.13. The molecule has 18 heavy (non-hydrogen) atoms. The lowest BCUT2D eigenvalue weighted by Gasteiger charge is -2.29. The highest BCUT2D eigenvalue weighted by atomic mass is 79.9. The average molecular weight is 305 g/mol. The van der Waals surface area contributed by atoms with Crippen molar-refractivity contribution in [3.05, 3.63) is 70.3 Å². The van der Waals surface area contributed by atoms with E-state index < -0.39 is 12.2 Å². The molecule has 0 radical (unpaired) electrons. The minimum Gasteiger partial charge on any atom is -0.384 e. The van der Waals surface area contributed by atoms with Crippen LogP contribution >= 0.6 is 15.9 Å². The summed E-state index contributed by atoms with van der Waals surface area (Å²) in [6, 6.07) is 13.3. The van der Waals surface area contributed by atoms with E-state index in [1.54, 1.807) is 0 Å². The third kappa shape index (κ3) is 1.70. The van der Waals surface area contributed by atoms with Crippen molar-refractivity contribution in [3.63, 3.8) is 0 Å². The zero-order chi connectivity index (χ0) is 12.7. The standard InChI is InChI=1S/C15H13BrO2/c16-8-9-5-6-12-13(7-9)15(18)11-4-2-1-3-10(11)14(12)17/h1-7,14-15,17-18H,8H2. The molecule has 0 saturated carbocycles. The number of hydrogen-bond donors (Lipinski definition) is 2. The van der Waals surface area contributed by atoms with Gasteiger partial charge in [0, 0.05) is 5.33 Å². The number of fused-ring (bicyclic) bond motifs is 2. The number of halogens is 1. The van der Waals surface area contributed by atoms with Crippen molar-refractivity contribution in [3.8, 4) is 0 Å². The van der Waals surface area contributed by atoms with E-state index in [9.17, 15) is 10.2 Å². The molecule has 2 atom stereocenters. The van der Waals surface area contributed by atoms with Crippen LogP contribution in [0.15, 0.2) is 42.5 Å². The van der Waals surface area contributed by atoms with Crippen molar-refractivity contribution in [1.29, 1.82) is 0 Å². The minimum absolute atomic E-state index is 0.649. The van der Waals surface area contributed by atoms with E-state index in [2.05, 4.69) is 15.9 Å². The minimum atomic E-state index is -0.654. The summed E-state index contributed by atoms with van der Waals surface area (Å²) in [6.45, 7) is 0. The van der Waals surface area contributed by atoms with Gasteiger partial charge in [-0.1, -0.05) is 58.4 Å². The lowest BCUT2D eigenvalue weighted by molar-refractivity contribution is 0.173. The van der Waals surface area contributed by atoms with Gasteiger partial charge in [0.15, 0.2) is 0 Å². The fraction of sp³-hybridized carbons (Fsp3) is 0.200. The number of alkyl halides is 1. The molecule has 0 saturated heterocycles. The first-order valence-electron chi connectivity index (χ1n) is 5.86. The van der Waals surface area contributed by atoms with Crippen molar-refractivity contribution in [2.45, 2.75) is 17.5 Å². The second kappa shape index (κ2) is 4.50. The van der Waals surface area contributed by atoms with Gasteiger partial charge in [0.2, 0.25) is 0 Å². The molecule has 2 aromatic carbocycles. The average Bonchev–Trinajstić information content (AvgIpc) is 2.44. The molecule has 1 aliphatic rings. The van der Waals surface area contributed by atoms with E-state index >= 15 is 0 Å². The van der Waals surface area contributed by atoms with E-state index in [4.69, 9.17) is 0 Å². The molecule has 2 nitrogen and oxygen atoms in total. The Balaban J connectivity index is 2.20. The monoisotopic (exact) mass is 304 g/mol. The summed E-state index contributed by atoms with van der Waals surface area (Å²) in [5.41, 5.74) is 4.29. The van der Waals surface area contributed by atoms with E-state index in [1.165, 1.54) is 0 Å². The second-order valence-electron chi connectivity index (χ2n) is 4.53. The van der Waals surface area contributed by atoms with Gasteiger partial charge in [0.05, 0.1) is 0 Å². The smallest absolute Gasteiger partial charge is 0.105 e. The summed E-state index contributed by atoms with van der Waals surface area (Å²) in [6.07, 6.45) is -1.30. The van der Waals surface area contributed by atoms with Gasteiger partial charge in [-0.15, -0.1) is 0 Å². The fourth-order valence-electron chi connectivity index (χ4n) is 2.54. The quantitative estimate of drug-likeness (QED) is 0.795. The van der Waals surface area contributed by atoms with Crippen LogP contribution < -0.4 is 0 Å². The van der Waals surface area contributed by atoms with E-state index in [1.807, 2.05) is 42.5 Å². The molecule has 92 valence electrons. The summed E-state index contributed by atoms with van der Waals surface area (Å²) in [7, 11) is 0. The zero-order valence-electron chi connectivity index (χ0n) is 9.68. The maximum absolute atomic E-state index is 10.4. The molecule has 0 aromatic heterocycles. The predicted octanol–water partition coefficient (Wildman–Crippen LogP) is 3.06. The van der Waals surface area contributed by atoms with Crippen molar-refractivity contribution in [1.82, 2.24) is 0 Å². The summed E-state index contributed by atoms with van der Waals surface area (Å²) in [5.74, 6) is 0. The Morgan fingerprint density at radius 3 is 2.00 bits per heavy atom. The van der Waals surface area contributed by atoms with Gasteiger partial charge in [0.25, 0.3) is 0 Å². The van der Waals surface area contributed by atoms with Crippen LogP contribution in [0.3, 0.4) is 0 Å². The maximum Gasteiger partial charge on any atom is 0.105 e. The molecule has 2 aromatic rings. The normalized spacial score (nSPS) is 21.3. The highest BCUT2D eigenvalue weighted by Gasteiger charge is 2.29. The first-order valence-corrected chi connectivity index (χ1v) is 6.98. The molecular formula is C15H13BrO2. The van der Waals surface area contributed by atoms with Crippen LogP contribution in [-0.4, -0.2) is 10.2 Å². The van der Waals surface area contributed by atoms with E-state index in [0.29, 0.717) is 0 Å². The van der Waals surface area contributed by atoms with Crippen molar-refractivity contribution in [2.75, 3.05) is 0 Å². The molecule has 0 fully saturated rings. The molecule has 3 heteroatoms. The Morgan fingerprint density at radius 1 is 0.833 bits per heavy atom. The molecule has 0 amide bonds. The summed E-state index contributed by atoms with van der Waals surface area (Å²) < 4.78 is 0. The van der Waals surface area contributed by atoms with Crippen LogP contribution in [-0.2, 0) is 5.33 Å². The van der Waals surface area contributed by atoms with Gasteiger partial charge < -0.3 is 10.2 Å². The number of aliphatic hydroxyl groups is 2. The SMILES string of the molecule is OC1c2ccccc2C(O)c2cc(CBr)ccc21. The van der Waals surface area contributed by atoms with Gasteiger partial charge >= 0.3 is 0 Å². The van der Waals surface area contributed by atoms with Gasteiger partial charge in [-0.2, -0.15) is 0 Å². The molecular weight excluding hydrogens is 292 g/mol. The molecule has 0 spiro atoms. The Kier molecular flexibility index (Phi) is 2.98. The largest absolute Gasteiger partial charge is 0.384 e. The van der Waals surface area contributed by atoms with E-state index in [-0.39, 0.29) is 0 Å². The molecule has 0 heterocycles. The van der Waals surface area contributed by atoms with Crippen LogP contribution in [0.25, 0.3) is 0 Å². The summed E-state index contributed by atoms with van der Waals surface area (Å²) in [5, 5.41) is 21.5. The fourth-order valence-corrected chi connectivity index (χ4v) is 2.89. The Hall–Kier alpha value is -1.16. The highest BCUT2D eigenvalue weighted by molar-refractivity contribution is 9.08. The molecule has 3 rings (SSSR count). The molecule has 0 aliphatic heterocycles. The van der Waals surface area contributed by atoms with Crippen LogP contribution in [0.5, 0.6) is 0 Å². The van der Waals surface area contributed by atoms with Crippen molar-refractivity contribution < 1.29 is 10.2 Å². The number of aliphatic hydroxyl groups excluding tert-OH is 2. The third-order valence-electron chi connectivity index (χ3n) is 3.48. The van der Waals surface area contributed by atoms with E-state index in [0.717, 1.165) is 33.1 Å². The van der Waals surface area contributed by atoms with Gasteiger partial charge in [-0.05, 0) is 27.8 Å². The molecule has 0 bridgehead atoms. The van der Waals surface area contributed by atoms with Crippen LogP contribution in [0.1, 0.15) is 40.0 Å². The Bertz CT molecular complexity index is 595. The number of hydrogen-bond acceptors (Lipinski definition) is 2. The van der Waals surface area contributed by atoms with Gasteiger partial charge in [0.1, 0.15) is 12.2 Å².